The van der Waals surface area contributed by atoms with Crippen molar-refractivity contribution in [3.63, 3.8) is 0 Å². The minimum Gasteiger partial charge on any atom is -0.440 e. The molecule has 1 heterocycles. The lowest BCUT2D eigenvalue weighted by atomic mass is 9.83. The van der Waals surface area contributed by atoms with Crippen LogP contribution in [0.15, 0.2) is 47.9 Å². The summed E-state index contributed by atoms with van der Waals surface area (Å²) in [4.78, 5) is 2.13. The Morgan fingerprint density at radius 3 is 2.50 bits per heavy atom. The van der Waals surface area contributed by atoms with Crippen molar-refractivity contribution in [3.05, 3.63) is 70.6 Å². The molecule has 26 heavy (non-hydrogen) atoms. The molecular formula is C20H19F2N3O. The minimum atomic E-state index is -0.815. The number of nitrogens with two attached hydrogens (primary N) is 1. The molecule has 6 heteroatoms. The highest BCUT2D eigenvalue weighted by Gasteiger charge is 2.33. The summed E-state index contributed by atoms with van der Waals surface area (Å²) < 4.78 is 33.8. The molecule has 0 saturated carbocycles. The van der Waals surface area contributed by atoms with Crippen molar-refractivity contribution < 1.29 is 13.5 Å². The summed E-state index contributed by atoms with van der Waals surface area (Å²) in [7, 11) is 0. The second kappa shape index (κ2) is 7.04. The van der Waals surface area contributed by atoms with Gasteiger partial charge in [-0.3, -0.25) is 0 Å². The molecule has 2 aromatic rings. The van der Waals surface area contributed by atoms with Crippen LogP contribution in [-0.2, 0) is 0 Å². The summed E-state index contributed by atoms with van der Waals surface area (Å²) in [5, 5.41) is 9.51. The highest BCUT2D eigenvalue weighted by Crippen LogP contribution is 2.44. The van der Waals surface area contributed by atoms with E-state index in [1.165, 1.54) is 0 Å². The maximum absolute atomic E-state index is 14.4. The molecule has 0 radical (unpaired) electrons. The number of hydrogen-bond donors (Lipinski definition) is 1. The number of allylic oxidation sites excluding steroid dienone is 1. The number of benzene rings is 2. The number of nitrogens with zero attached hydrogens (tertiary/aromatic N) is 2. The van der Waals surface area contributed by atoms with E-state index < -0.39 is 17.6 Å². The van der Waals surface area contributed by atoms with Gasteiger partial charge in [0.15, 0.2) is 0 Å². The predicted molar refractivity (Wildman–Crippen MR) is 95.7 cm³/mol. The van der Waals surface area contributed by atoms with Crippen molar-refractivity contribution in [2.75, 3.05) is 18.0 Å². The lowest BCUT2D eigenvalue weighted by Crippen LogP contribution is -2.24. The topological polar surface area (TPSA) is 62.3 Å². The fraction of sp³-hybridized carbons (Fsp3) is 0.250. The summed E-state index contributed by atoms with van der Waals surface area (Å²) >= 11 is 0. The average molecular weight is 355 g/mol. The molecule has 0 spiro atoms. The van der Waals surface area contributed by atoms with Crippen LogP contribution in [0.5, 0.6) is 5.75 Å². The van der Waals surface area contributed by atoms with E-state index in [-0.39, 0.29) is 17.0 Å². The number of rotatable bonds is 4. The molecular weight excluding hydrogens is 336 g/mol. The lowest BCUT2D eigenvalue weighted by Gasteiger charge is -2.29. The average Bonchev–Trinajstić information content (AvgIpc) is 2.63. The van der Waals surface area contributed by atoms with Gasteiger partial charge in [-0.05, 0) is 38.1 Å². The van der Waals surface area contributed by atoms with E-state index in [0.717, 1.165) is 37.0 Å². The Kier molecular flexibility index (Phi) is 4.81. The molecule has 0 aliphatic carbocycles. The van der Waals surface area contributed by atoms with Crippen LogP contribution in [0.25, 0.3) is 0 Å². The Morgan fingerprint density at radius 2 is 1.85 bits per heavy atom. The fourth-order valence-electron chi connectivity index (χ4n) is 3.29. The zero-order chi connectivity index (χ0) is 18.8. The number of fused-ring (bicyclic) bond motifs is 1. The normalized spacial score (nSPS) is 15.9. The first-order chi connectivity index (χ1) is 12.5. The molecule has 0 amide bonds. The van der Waals surface area contributed by atoms with Crippen LogP contribution in [0.4, 0.5) is 14.5 Å². The summed E-state index contributed by atoms with van der Waals surface area (Å²) in [6.45, 7) is 5.70. The number of nitriles is 1. The van der Waals surface area contributed by atoms with Gasteiger partial charge in [0.05, 0.1) is 5.92 Å². The van der Waals surface area contributed by atoms with Crippen molar-refractivity contribution in [2.45, 2.75) is 19.8 Å². The van der Waals surface area contributed by atoms with Gasteiger partial charge >= 0.3 is 0 Å². The second-order valence-corrected chi connectivity index (χ2v) is 5.99. The molecule has 2 N–H and O–H groups in total. The van der Waals surface area contributed by atoms with Gasteiger partial charge in [-0.25, -0.2) is 8.78 Å². The second-order valence-electron chi connectivity index (χ2n) is 5.99. The van der Waals surface area contributed by atoms with Crippen molar-refractivity contribution in [1.82, 2.24) is 0 Å². The molecule has 0 saturated heterocycles. The van der Waals surface area contributed by atoms with E-state index in [9.17, 15) is 14.0 Å². The van der Waals surface area contributed by atoms with Gasteiger partial charge in [-0.15, -0.1) is 0 Å². The van der Waals surface area contributed by atoms with Gasteiger partial charge < -0.3 is 15.4 Å². The summed E-state index contributed by atoms with van der Waals surface area (Å²) in [5.41, 5.74) is 7.55. The lowest BCUT2D eigenvalue weighted by molar-refractivity contribution is 0.392. The van der Waals surface area contributed by atoms with Crippen LogP contribution in [0.1, 0.15) is 30.9 Å². The van der Waals surface area contributed by atoms with E-state index >= 15 is 0 Å². The monoisotopic (exact) mass is 355 g/mol. The van der Waals surface area contributed by atoms with E-state index in [2.05, 4.69) is 4.90 Å². The van der Waals surface area contributed by atoms with Crippen molar-refractivity contribution in [1.29, 1.82) is 5.26 Å². The van der Waals surface area contributed by atoms with Crippen LogP contribution < -0.4 is 15.4 Å². The highest BCUT2D eigenvalue weighted by atomic mass is 19.1. The third-order valence-corrected chi connectivity index (χ3v) is 4.60. The summed E-state index contributed by atoms with van der Waals surface area (Å²) in [6.07, 6.45) is 0. The van der Waals surface area contributed by atoms with E-state index in [1.54, 1.807) is 6.07 Å². The summed E-state index contributed by atoms with van der Waals surface area (Å²) in [6, 6.07) is 10.6. The van der Waals surface area contributed by atoms with E-state index in [1.807, 2.05) is 32.0 Å². The van der Waals surface area contributed by atoms with Crippen molar-refractivity contribution in [2.24, 2.45) is 5.73 Å². The molecule has 1 unspecified atom stereocenters. The van der Waals surface area contributed by atoms with Gasteiger partial charge in [0.2, 0.25) is 5.88 Å². The maximum atomic E-state index is 14.4. The van der Waals surface area contributed by atoms with Crippen LogP contribution in [0, 0.1) is 23.0 Å². The zero-order valence-electron chi connectivity index (χ0n) is 14.6. The molecule has 0 fully saturated rings. The Bertz CT molecular complexity index is 914. The van der Waals surface area contributed by atoms with Crippen molar-refractivity contribution >= 4 is 5.69 Å². The molecule has 134 valence electrons. The molecule has 1 atom stereocenters. The van der Waals surface area contributed by atoms with E-state index in [4.69, 9.17) is 10.5 Å². The molecule has 0 bridgehead atoms. The molecule has 1 aliphatic heterocycles. The van der Waals surface area contributed by atoms with Gasteiger partial charge in [0.25, 0.3) is 0 Å². The number of halogens is 2. The first-order valence-corrected chi connectivity index (χ1v) is 8.41. The van der Waals surface area contributed by atoms with Crippen LogP contribution >= 0.6 is 0 Å². The van der Waals surface area contributed by atoms with Gasteiger partial charge in [0.1, 0.15) is 29.0 Å². The van der Waals surface area contributed by atoms with Gasteiger partial charge in [0, 0.05) is 36.0 Å². The Balaban J connectivity index is 2.19. The predicted octanol–water partition coefficient (Wildman–Crippen LogP) is 4.03. The fourth-order valence-corrected chi connectivity index (χ4v) is 3.29. The molecule has 3 rings (SSSR count). The number of anilines is 1. The molecule has 0 aromatic heterocycles. The van der Waals surface area contributed by atoms with Crippen LogP contribution in [0.3, 0.4) is 0 Å². The van der Waals surface area contributed by atoms with Gasteiger partial charge in [-0.2, -0.15) is 5.26 Å². The zero-order valence-corrected chi connectivity index (χ0v) is 14.6. The Labute approximate surface area is 151 Å². The van der Waals surface area contributed by atoms with Crippen molar-refractivity contribution in [3.8, 4) is 11.8 Å². The first-order valence-electron chi connectivity index (χ1n) is 8.41. The van der Waals surface area contributed by atoms with E-state index in [0.29, 0.717) is 11.3 Å². The smallest absolute Gasteiger partial charge is 0.205 e. The Hall–Kier alpha value is -3.07. The number of hydrogen-bond acceptors (Lipinski definition) is 4. The number of ether oxygens (including phenoxy) is 1. The standard InChI is InChI=1S/C20H19F2N3O/c1-3-25(4-2)13-6-7-14-18(10-13)26-20(24)16(11-23)19(14)15-9-12(21)5-8-17(15)22/h5-10,19H,3-4,24H2,1-2H3. The first kappa shape index (κ1) is 17.7. The quantitative estimate of drug-likeness (QED) is 0.899. The SMILES string of the molecule is CCN(CC)c1ccc2c(c1)OC(N)=C(C#N)C2c1cc(F)ccc1F. The molecule has 1 aliphatic rings. The highest BCUT2D eigenvalue weighted by molar-refractivity contribution is 5.61. The summed E-state index contributed by atoms with van der Waals surface area (Å²) in [5.74, 6) is -1.64. The van der Waals surface area contributed by atoms with Crippen LogP contribution in [0.2, 0.25) is 0 Å². The van der Waals surface area contributed by atoms with Crippen LogP contribution in [-0.4, -0.2) is 13.1 Å². The molecule has 4 nitrogen and oxygen atoms in total. The molecule has 2 aromatic carbocycles. The van der Waals surface area contributed by atoms with Gasteiger partial charge in [-0.1, -0.05) is 6.07 Å². The minimum absolute atomic E-state index is 0.0599. The third-order valence-electron chi connectivity index (χ3n) is 4.60. The largest absolute Gasteiger partial charge is 0.440 e. The Morgan fingerprint density at radius 1 is 1.12 bits per heavy atom. The third kappa shape index (κ3) is 2.97. The maximum Gasteiger partial charge on any atom is 0.205 e.